The van der Waals surface area contributed by atoms with Gasteiger partial charge in [-0.1, -0.05) is 30.3 Å². The van der Waals surface area contributed by atoms with E-state index in [1.54, 1.807) is 18.0 Å². The molecule has 4 heteroatoms. The van der Waals surface area contributed by atoms with Gasteiger partial charge >= 0.3 is 0 Å². The zero-order valence-electron chi connectivity index (χ0n) is 11.1. The van der Waals surface area contributed by atoms with Crippen molar-refractivity contribution in [3.63, 3.8) is 0 Å². The van der Waals surface area contributed by atoms with Gasteiger partial charge in [-0.05, 0) is 28.8 Å². The molecule has 2 N–H and O–H groups in total. The first-order valence-electron chi connectivity index (χ1n) is 6.43. The molecule has 20 heavy (non-hydrogen) atoms. The molecule has 2 aromatic carbocycles. The quantitative estimate of drug-likeness (QED) is 0.780. The van der Waals surface area contributed by atoms with Crippen molar-refractivity contribution < 1.29 is 15.0 Å². The maximum atomic E-state index is 12.1. The Morgan fingerprint density at radius 1 is 1.10 bits per heavy atom. The third-order valence-electron chi connectivity index (χ3n) is 3.77. The number of amides is 1. The molecule has 1 heterocycles. The molecule has 4 nitrogen and oxygen atoms in total. The van der Waals surface area contributed by atoms with Gasteiger partial charge in [0.1, 0.15) is 0 Å². The predicted molar refractivity (Wildman–Crippen MR) is 74.5 cm³/mol. The molecular weight excluding hydrogens is 254 g/mol. The van der Waals surface area contributed by atoms with E-state index in [0.717, 1.165) is 16.7 Å². The molecule has 0 aliphatic carbocycles. The Labute approximate surface area is 116 Å². The normalized spacial score (nSPS) is 17.9. The number of phenolic OH excluding ortho intramolecular Hbond substituents is 2. The van der Waals surface area contributed by atoms with Crippen LogP contribution >= 0.6 is 0 Å². The number of aromatic hydroxyl groups is 2. The molecule has 2 aromatic rings. The summed E-state index contributed by atoms with van der Waals surface area (Å²) in [6.45, 7) is 0. The Morgan fingerprint density at radius 3 is 2.45 bits per heavy atom. The van der Waals surface area contributed by atoms with E-state index in [1.807, 2.05) is 30.3 Å². The number of likely N-dealkylation sites (N-methyl/N-ethyl adjacent to an activating group) is 1. The largest absolute Gasteiger partial charge is 0.504 e. The second-order valence-electron chi connectivity index (χ2n) is 5.03. The first-order valence-corrected chi connectivity index (χ1v) is 6.43. The molecule has 0 saturated heterocycles. The van der Waals surface area contributed by atoms with Gasteiger partial charge in [0.05, 0.1) is 12.5 Å². The van der Waals surface area contributed by atoms with Crippen LogP contribution in [0.15, 0.2) is 42.5 Å². The third-order valence-corrected chi connectivity index (χ3v) is 3.77. The van der Waals surface area contributed by atoms with Crippen LogP contribution in [0.25, 0.3) is 0 Å². The number of fused-ring (bicyclic) bond motifs is 1. The predicted octanol–water partition coefficient (Wildman–Crippen LogP) is 2.20. The van der Waals surface area contributed by atoms with E-state index in [-0.39, 0.29) is 29.9 Å². The van der Waals surface area contributed by atoms with Crippen molar-refractivity contribution >= 4 is 5.91 Å². The molecule has 1 amide bonds. The van der Waals surface area contributed by atoms with E-state index in [2.05, 4.69) is 0 Å². The number of benzene rings is 2. The lowest BCUT2D eigenvalue weighted by Crippen LogP contribution is -2.37. The molecule has 0 fully saturated rings. The molecule has 0 spiro atoms. The van der Waals surface area contributed by atoms with Crippen molar-refractivity contribution in [1.29, 1.82) is 0 Å². The minimum atomic E-state index is -0.237. The van der Waals surface area contributed by atoms with E-state index in [1.165, 1.54) is 6.07 Å². The lowest BCUT2D eigenvalue weighted by atomic mass is 9.88. The highest BCUT2D eigenvalue weighted by atomic mass is 16.3. The highest BCUT2D eigenvalue weighted by Gasteiger charge is 2.31. The van der Waals surface area contributed by atoms with Crippen LogP contribution in [0.1, 0.15) is 22.7 Å². The molecule has 1 atom stereocenters. The summed E-state index contributed by atoms with van der Waals surface area (Å²) in [4.78, 5) is 13.8. The van der Waals surface area contributed by atoms with E-state index in [4.69, 9.17) is 0 Å². The molecule has 0 saturated carbocycles. The van der Waals surface area contributed by atoms with Crippen LogP contribution in [0.4, 0.5) is 0 Å². The summed E-state index contributed by atoms with van der Waals surface area (Å²) >= 11 is 0. The number of hydrogen-bond acceptors (Lipinski definition) is 3. The van der Waals surface area contributed by atoms with Gasteiger partial charge in [0.2, 0.25) is 5.91 Å². The Bertz CT molecular complexity index is 667. The molecule has 0 bridgehead atoms. The van der Waals surface area contributed by atoms with Crippen molar-refractivity contribution in [2.75, 3.05) is 7.05 Å². The van der Waals surface area contributed by atoms with Crippen LogP contribution in [-0.4, -0.2) is 28.1 Å². The van der Waals surface area contributed by atoms with Gasteiger partial charge in [-0.25, -0.2) is 0 Å². The maximum absolute atomic E-state index is 12.1. The van der Waals surface area contributed by atoms with E-state index in [0.29, 0.717) is 0 Å². The first kappa shape index (κ1) is 12.5. The highest BCUT2D eigenvalue weighted by Crippen LogP contribution is 2.39. The molecular formula is C16H15NO3. The average molecular weight is 269 g/mol. The zero-order chi connectivity index (χ0) is 14.3. The zero-order valence-corrected chi connectivity index (χ0v) is 11.1. The van der Waals surface area contributed by atoms with Gasteiger partial charge in [-0.3, -0.25) is 4.79 Å². The van der Waals surface area contributed by atoms with Gasteiger partial charge in [0, 0.05) is 7.05 Å². The van der Waals surface area contributed by atoms with Crippen LogP contribution in [0.5, 0.6) is 11.5 Å². The molecule has 0 radical (unpaired) electrons. The second-order valence-corrected chi connectivity index (χ2v) is 5.03. The summed E-state index contributed by atoms with van der Waals surface area (Å²) in [6, 6.07) is 12.4. The van der Waals surface area contributed by atoms with Gasteiger partial charge < -0.3 is 15.1 Å². The maximum Gasteiger partial charge on any atom is 0.227 e. The van der Waals surface area contributed by atoms with Crippen LogP contribution < -0.4 is 0 Å². The summed E-state index contributed by atoms with van der Waals surface area (Å²) < 4.78 is 0. The number of phenols is 2. The van der Waals surface area contributed by atoms with Crippen LogP contribution in [0.3, 0.4) is 0 Å². The monoisotopic (exact) mass is 269 g/mol. The van der Waals surface area contributed by atoms with Gasteiger partial charge in [-0.2, -0.15) is 0 Å². The number of rotatable bonds is 1. The van der Waals surface area contributed by atoms with Crippen molar-refractivity contribution in [2.24, 2.45) is 0 Å². The highest BCUT2D eigenvalue weighted by molar-refractivity contribution is 5.82. The standard InChI is InChI=1S/C16H15NO3/c1-17-15(20)8-11-7-13(18)14(19)9-12(11)16(17)10-5-3-2-4-6-10/h2-7,9,16,18-19H,8H2,1H3. The molecule has 1 aliphatic heterocycles. The Morgan fingerprint density at radius 2 is 1.75 bits per heavy atom. The summed E-state index contributed by atoms with van der Waals surface area (Å²) in [5, 5.41) is 19.3. The Kier molecular flexibility index (Phi) is 2.86. The van der Waals surface area contributed by atoms with E-state index >= 15 is 0 Å². The van der Waals surface area contributed by atoms with E-state index in [9.17, 15) is 15.0 Å². The molecule has 102 valence electrons. The minimum absolute atomic E-state index is 0.00329. The van der Waals surface area contributed by atoms with Crippen LogP contribution in [0, 0.1) is 0 Å². The molecule has 0 aromatic heterocycles. The summed E-state index contributed by atoms with van der Waals surface area (Å²) in [5.41, 5.74) is 2.60. The molecule has 1 unspecified atom stereocenters. The summed E-state index contributed by atoms with van der Waals surface area (Å²) in [5.74, 6) is -0.350. The summed E-state index contributed by atoms with van der Waals surface area (Å²) in [6.07, 6.45) is 0.239. The Hall–Kier alpha value is -2.49. The SMILES string of the molecule is CN1C(=O)Cc2cc(O)c(O)cc2C1c1ccccc1. The fourth-order valence-corrected chi connectivity index (χ4v) is 2.72. The van der Waals surface area contributed by atoms with Crippen molar-refractivity contribution in [2.45, 2.75) is 12.5 Å². The smallest absolute Gasteiger partial charge is 0.227 e. The average Bonchev–Trinajstić information content (AvgIpc) is 2.44. The van der Waals surface area contributed by atoms with Crippen molar-refractivity contribution in [1.82, 2.24) is 4.90 Å². The fourth-order valence-electron chi connectivity index (χ4n) is 2.72. The third kappa shape index (κ3) is 1.90. The minimum Gasteiger partial charge on any atom is -0.504 e. The number of carbonyl (C=O) groups is 1. The Balaban J connectivity index is 2.19. The van der Waals surface area contributed by atoms with Crippen molar-refractivity contribution in [3.05, 3.63) is 59.2 Å². The van der Waals surface area contributed by atoms with Crippen LogP contribution in [0.2, 0.25) is 0 Å². The van der Waals surface area contributed by atoms with Crippen LogP contribution in [-0.2, 0) is 11.2 Å². The van der Waals surface area contributed by atoms with Gasteiger partial charge in [0.25, 0.3) is 0 Å². The number of hydrogen-bond donors (Lipinski definition) is 2. The molecule has 3 rings (SSSR count). The number of carbonyl (C=O) groups excluding carboxylic acids is 1. The molecule has 1 aliphatic rings. The lowest BCUT2D eigenvalue weighted by Gasteiger charge is -2.35. The second kappa shape index (κ2) is 4.56. The van der Waals surface area contributed by atoms with Crippen molar-refractivity contribution in [3.8, 4) is 11.5 Å². The number of nitrogens with zero attached hydrogens (tertiary/aromatic N) is 1. The van der Waals surface area contributed by atoms with Gasteiger partial charge in [0.15, 0.2) is 11.5 Å². The lowest BCUT2D eigenvalue weighted by molar-refractivity contribution is -0.131. The van der Waals surface area contributed by atoms with Gasteiger partial charge in [-0.15, -0.1) is 0 Å². The topological polar surface area (TPSA) is 60.8 Å². The summed E-state index contributed by atoms with van der Waals surface area (Å²) in [7, 11) is 1.76. The van der Waals surface area contributed by atoms with E-state index < -0.39 is 0 Å². The first-order chi connectivity index (χ1) is 9.58. The fraction of sp³-hybridized carbons (Fsp3) is 0.188.